The van der Waals surface area contributed by atoms with E-state index in [1.54, 1.807) is 19.2 Å². The lowest BCUT2D eigenvalue weighted by Gasteiger charge is -2.24. The lowest BCUT2D eigenvalue weighted by Crippen LogP contribution is -2.33. The van der Waals surface area contributed by atoms with Gasteiger partial charge in [-0.1, -0.05) is 19.1 Å². The largest absolute Gasteiger partial charge is 0.496 e. The van der Waals surface area contributed by atoms with Crippen LogP contribution in [-0.4, -0.2) is 18.8 Å². The molecule has 2 aromatic carbocycles. The molecule has 0 fully saturated rings. The molecule has 1 unspecified atom stereocenters. The summed E-state index contributed by atoms with van der Waals surface area (Å²) in [4.78, 5) is 24.5. The van der Waals surface area contributed by atoms with Crippen LogP contribution in [0.3, 0.4) is 0 Å². The van der Waals surface area contributed by atoms with Crippen molar-refractivity contribution < 1.29 is 14.3 Å². The summed E-state index contributed by atoms with van der Waals surface area (Å²) < 4.78 is 5.45. The highest BCUT2D eigenvalue weighted by Gasteiger charge is 2.43. The summed E-state index contributed by atoms with van der Waals surface area (Å²) >= 11 is 0. The monoisotopic (exact) mass is 337 g/mol. The number of Topliss-reactive ketones (excluding diaryl/α,β-unsaturated/α-hetero) is 1. The highest BCUT2D eigenvalue weighted by molar-refractivity contribution is 6.06. The van der Waals surface area contributed by atoms with Crippen LogP contribution in [0.4, 0.5) is 5.69 Å². The Morgan fingerprint density at radius 3 is 2.60 bits per heavy atom. The van der Waals surface area contributed by atoms with E-state index in [-0.39, 0.29) is 11.7 Å². The quantitative estimate of drug-likeness (QED) is 0.842. The minimum absolute atomic E-state index is 0.00193. The van der Waals surface area contributed by atoms with E-state index in [9.17, 15) is 9.59 Å². The molecule has 1 atom stereocenters. The molecular formula is C21H23NO3. The number of fused-ring (bicyclic) bond motifs is 1. The SMILES string of the molecule is CCc1ccc2c(c1)NC(=O)C2(C)Cc1cc(C(C)=O)ccc1OC. The van der Waals surface area contributed by atoms with E-state index in [0.29, 0.717) is 17.7 Å². The van der Waals surface area contributed by atoms with Gasteiger partial charge in [-0.05, 0) is 67.6 Å². The van der Waals surface area contributed by atoms with Crippen LogP contribution in [0.25, 0.3) is 0 Å². The number of methoxy groups -OCH3 is 1. The second-order valence-corrected chi connectivity index (χ2v) is 6.78. The van der Waals surface area contributed by atoms with Crippen LogP contribution in [-0.2, 0) is 23.1 Å². The van der Waals surface area contributed by atoms with Crippen LogP contribution >= 0.6 is 0 Å². The van der Waals surface area contributed by atoms with Gasteiger partial charge in [0.25, 0.3) is 0 Å². The van der Waals surface area contributed by atoms with Crippen LogP contribution in [0.15, 0.2) is 36.4 Å². The molecule has 0 radical (unpaired) electrons. The number of amides is 1. The van der Waals surface area contributed by atoms with Gasteiger partial charge in [0, 0.05) is 11.3 Å². The summed E-state index contributed by atoms with van der Waals surface area (Å²) in [6.07, 6.45) is 1.40. The van der Waals surface area contributed by atoms with Gasteiger partial charge >= 0.3 is 0 Å². The maximum atomic E-state index is 12.8. The molecule has 0 aliphatic carbocycles. The number of carbonyl (C=O) groups is 2. The van der Waals surface area contributed by atoms with Gasteiger partial charge in [0.05, 0.1) is 12.5 Å². The van der Waals surface area contributed by atoms with E-state index in [2.05, 4.69) is 18.3 Å². The molecule has 1 N–H and O–H groups in total. The first-order valence-electron chi connectivity index (χ1n) is 8.51. The maximum Gasteiger partial charge on any atom is 0.235 e. The fourth-order valence-electron chi connectivity index (χ4n) is 3.47. The van der Waals surface area contributed by atoms with Crippen molar-refractivity contribution in [1.29, 1.82) is 0 Å². The Kier molecular flexibility index (Phi) is 4.38. The van der Waals surface area contributed by atoms with Crippen molar-refractivity contribution in [1.82, 2.24) is 0 Å². The summed E-state index contributed by atoms with van der Waals surface area (Å²) in [5.41, 5.74) is 3.86. The van der Waals surface area contributed by atoms with E-state index in [0.717, 1.165) is 23.2 Å². The zero-order valence-corrected chi connectivity index (χ0v) is 15.1. The van der Waals surface area contributed by atoms with E-state index >= 15 is 0 Å². The molecule has 1 aliphatic rings. The molecule has 3 rings (SSSR count). The number of aryl methyl sites for hydroxylation is 1. The molecule has 4 nitrogen and oxygen atoms in total. The van der Waals surface area contributed by atoms with Crippen molar-refractivity contribution in [3.05, 3.63) is 58.7 Å². The Morgan fingerprint density at radius 2 is 1.96 bits per heavy atom. The van der Waals surface area contributed by atoms with Gasteiger partial charge in [-0.15, -0.1) is 0 Å². The molecule has 1 aliphatic heterocycles. The first-order valence-corrected chi connectivity index (χ1v) is 8.51. The first kappa shape index (κ1) is 17.2. The third kappa shape index (κ3) is 2.93. The van der Waals surface area contributed by atoms with Crippen molar-refractivity contribution in [2.75, 3.05) is 12.4 Å². The maximum absolute atomic E-state index is 12.8. The molecule has 1 heterocycles. The number of hydrogen-bond donors (Lipinski definition) is 1. The molecule has 2 aromatic rings. The number of nitrogens with one attached hydrogen (secondary N) is 1. The molecule has 0 aromatic heterocycles. The summed E-state index contributed by atoms with van der Waals surface area (Å²) in [5, 5.41) is 3.01. The van der Waals surface area contributed by atoms with Gasteiger partial charge in [-0.2, -0.15) is 0 Å². The Bertz CT molecular complexity index is 856. The second-order valence-electron chi connectivity index (χ2n) is 6.78. The smallest absolute Gasteiger partial charge is 0.235 e. The van der Waals surface area contributed by atoms with Gasteiger partial charge in [0.2, 0.25) is 5.91 Å². The topological polar surface area (TPSA) is 55.4 Å². The van der Waals surface area contributed by atoms with E-state index < -0.39 is 5.41 Å². The zero-order valence-electron chi connectivity index (χ0n) is 15.1. The minimum atomic E-state index is -0.690. The molecule has 0 spiro atoms. The van der Waals surface area contributed by atoms with Gasteiger partial charge in [0.1, 0.15) is 5.75 Å². The number of ether oxygens (including phenoxy) is 1. The average Bonchev–Trinajstić information content (AvgIpc) is 2.84. The van der Waals surface area contributed by atoms with Crippen LogP contribution in [0.1, 0.15) is 47.8 Å². The van der Waals surface area contributed by atoms with Gasteiger partial charge < -0.3 is 10.1 Å². The van der Waals surface area contributed by atoms with Crippen LogP contribution in [0.5, 0.6) is 5.75 Å². The number of benzene rings is 2. The van der Waals surface area contributed by atoms with E-state index in [1.165, 1.54) is 12.5 Å². The normalized spacial score (nSPS) is 18.6. The predicted octanol–water partition coefficient (Wildman–Crippen LogP) is 3.91. The van der Waals surface area contributed by atoms with Gasteiger partial charge in [-0.25, -0.2) is 0 Å². The molecule has 25 heavy (non-hydrogen) atoms. The molecule has 0 saturated carbocycles. The van der Waals surface area contributed by atoms with E-state index in [4.69, 9.17) is 4.74 Å². The lowest BCUT2D eigenvalue weighted by molar-refractivity contribution is -0.120. The standard InChI is InChI=1S/C21H23NO3/c1-5-14-6-8-17-18(10-14)22-20(24)21(17,3)12-16-11-15(13(2)23)7-9-19(16)25-4/h6-11H,5,12H2,1-4H3,(H,22,24). The number of rotatable bonds is 5. The molecule has 0 saturated heterocycles. The Morgan fingerprint density at radius 1 is 1.20 bits per heavy atom. The summed E-state index contributed by atoms with van der Waals surface area (Å²) in [5.74, 6) is 0.668. The summed E-state index contributed by atoms with van der Waals surface area (Å²) in [7, 11) is 1.60. The van der Waals surface area contributed by atoms with Crippen molar-refractivity contribution in [2.24, 2.45) is 0 Å². The molecule has 4 heteroatoms. The van der Waals surface area contributed by atoms with Crippen LogP contribution < -0.4 is 10.1 Å². The Labute approximate surface area is 148 Å². The van der Waals surface area contributed by atoms with Crippen LogP contribution in [0.2, 0.25) is 0 Å². The summed E-state index contributed by atoms with van der Waals surface area (Å²) in [6, 6.07) is 11.5. The molecule has 130 valence electrons. The lowest BCUT2D eigenvalue weighted by atomic mass is 9.77. The van der Waals surface area contributed by atoms with Gasteiger partial charge in [0.15, 0.2) is 5.78 Å². The molecular weight excluding hydrogens is 314 g/mol. The Balaban J connectivity index is 2.05. The second kappa shape index (κ2) is 6.36. The minimum Gasteiger partial charge on any atom is -0.496 e. The van der Waals surface area contributed by atoms with E-state index in [1.807, 2.05) is 25.1 Å². The highest BCUT2D eigenvalue weighted by atomic mass is 16.5. The fourth-order valence-corrected chi connectivity index (χ4v) is 3.47. The van der Waals surface area contributed by atoms with Crippen LogP contribution in [0, 0.1) is 0 Å². The average molecular weight is 337 g/mol. The number of carbonyl (C=O) groups excluding carboxylic acids is 2. The Hall–Kier alpha value is -2.62. The molecule has 1 amide bonds. The van der Waals surface area contributed by atoms with Crippen molar-refractivity contribution in [3.63, 3.8) is 0 Å². The number of hydrogen-bond acceptors (Lipinski definition) is 3. The first-order chi connectivity index (χ1) is 11.9. The molecule has 0 bridgehead atoms. The zero-order chi connectivity index (χ0) is 18.2. The fraction of sp³-hybridized carbons (Fsp3) is 0.333. The third-order valence-corrected chi connectivity index (χ3v) is 5.07. The number of ketones is 1. The van der Waals surface area contributed by atoms with Crippen molar-refractivity contribution in [2.45, 2.75) is 39.0 Å². The van der Waals surface area contributed by atoms with Crippen molar-refractivity contribution >= 4 is 17.4 Å². The predicted molar refractivity (Wildman–Crippen MR) is 98.5 cm³/mol. The number of anilines is 1. The summed E-state index contributed by atoms with van der Waals surface area (Å²) in [6.45, 7) is 5.58. The van der Waals surface area contributed by atoms with Gasteiger partial charge in [-0.3, -0.25) is 9.59 Å². The van der Waals surface area contributed by atoms with Crippen molar-refractivity contribution in [3.8, 4) is 5.75 Å². The highest BCUT2D eigenvalue weighted by Crippen LogP contribution is 2.42. The third-order valence-electron chi connectivity index (χ3n) is 5.07.